The Kier molecular flexibility index (Phi) is 4.64. The Balaban J connectivity index is 1.43. The molecule has 5 nitrogen and oxygen atoms in total. The van der Waals surface area contributed by atoms with E-state index in [-0.39, 0.29) is 6.03 Å². The molecule has 0 aliphatic heterocycles. The number of anilines is 1. The van der Waals surface area contributed by atoms with Crippen molar-refractivity contribution in [3.05, 3.63) is 29.8 Å². The lowest BCUT2D eigenvalue weighted by molar-refractivity contribution is -0.0287. The molecule has 2 fully saturated rings. The Labute approximate surface area is 131 Å². The van der Waals surface area contributed by atoms with Crippen LogP contribution >= 0.6 is 0 Å². The van der Waals surface area contributed by atoms with Gasteiger partial charge in [0.15, 0.2) is 0 Å². The predicted molar refractivity (Wildman–Crippen MR) is 84.6 cm³/mol. The predicted octanol–water partition coefficient (Wildman–Crippen LogP) is 2.65. The second-order valence-electron chi connectivity index (χ2n) is 6.54. The van der Waals surface area contributed by atoms with E-state index in [1.165, 1.54) is 12.8 Å². The van der Waals surface area contributed by atoms with E-state index in [4.69, 9.17) is 4.74 Å². The fourth-order valence-corrected chi connectivity index (χ4v) is 2.55. The van der Waals surface area contributed by atoms with Crippen molar-refractivity contribution in [2.75, 3.05) is 18.5 Å². The van der Waals surface area contributed by atoms with Gasteiger partial charge >= 0.3 is 6.03 Å². The quantitative estimate of drug-likeness (QED) is 0.725. The summed E-state index contributed by atoms with van der Waals surface area (Å²) in [6.45, 7) is 1.72. The van der Waals surface area contributed by atoms with Crippen molar-refractivity contribution in [2.45, 2.75) is 44.3 Å². The van der Waals surface area contributed by atoms with Crippen molar-refractivity contribution in [3.8, 4) is 0 Å². The highest BCUT2D eigenvalue weighted by molar-refractivity contribution is 5.89. The first-order valence-electron chi connectivity index (χ1n) is 8.07. The van der Waals surface area contributed by atoms with Gasteiger partial charge in [0.25, 0.3) is 0 Å². The Morgan fingerprint density at radius 1 is 1.36 bits per heavy atom. The monoisotopic (exact) mass is 304 g/mol. The SMILES string of the molecule is O=C(NCC1(O)CCC1)Nc1cccc(COCC2CC2)c1. The van der Waals surface area contributed by atoms with E-state index >= 15 is 0 Å². The summed E-state index contributed by atoms with van der Waals surface area (Å²) in [5.41, 5.74) is 1.09. The summed E-state index contributed by atoms with van der Waals surface area (Å²) >= 11 is 0. The minimum Gasteiger partial charge on any atom is -0.388 e. The van der Waals surface area contributed by atoms with Gasteiger partial charge in [0.1, 0.15) is 0 Å². The number of benzene rings is 1. The number of nitrogens with one attached hydrogen (secondary N) is 2. The molecule has 22 heavy (non-hydrogen) atoms. The highest BCUT2D eigenvalue weighted by atomic mass is 16.5. The number of carbonyl (C=O) groups is 1. The maximum absolute atomic E-state index is 11.9. The standard InChI is InChI=1S/C17H24N2O3/c20-16(18-12-17(21)7-2-8-17)19-15-4-1-3-14(9-15)11-22-10-13-5-6-13/h1,3-4,9,13,21H,2,5-8,10-12H2,(H2,18,19,20). The third-order valence-corrected chi connectivity index (χ3v) is 4.37. The number of amides is 2. The minimum atomic E-state index is -0.699. The number of rotatable bonds is 7. The Bertz CT molecular complexity index is 524. The van der Waals surface area contributed by atoms with Gasteiger partial charge in [0, 0.05) is 18.8 Å². The summed E-state index contributed by atoms with van der Waals surface area (Å²) < 4.78 is 5.66. The van der Waals surface area contributed by atoms with Crippen LogP contribution in [0.5, 0.6) is 0 Å². The van der Waals surface area contributed by atoms with E-state index in [2.05, 4.69) is 10.6 Å². The molecule has 2 aliphatic rings. The Morgan fingerprint density at radius 2 is 2.18 bits per heavy atom. The van der Waals surface area contributed by atoms with Crippen LogP contribution in [-0.2, 0) is 11.3 Å². The van der Waals surface area contributed by atoms with Crippen LogP contribution in [0.25, 0.3) is 0 Å². The molecule has 0 heterocycles. The van der Waals surface area contributed by atoms with Crippen LogP contribution in [0.4, 0.5) is 10.5 Å². The number of hydrogen-bond acceptors (Lipinski definition) is 3. The number of aliphatic hydroxyl groups is 1. The molecule has 120 valence electrons. The second-order valence-corrected chi connectivity index (χ2v) is 6.54. The highest BCUT2D eigenvalue weighted by Gasteiger charge is 2.34. The summed E-state index contributed by atoms with van der Waals surface area (Å²) in [7, 11) is 0. The Hall–Kier alpha value is -1.59. The number of hydrogen-bond donors (Lipinski definition) is 3. The molecule has 0 spiro atoms. The van der Waals surface area contributed by atoms with Crippen LogP contribution < -0.4 is 10.6 Å². The lowest BCUT2D eigenvalue weighted by atomic mass is 9.80. The average Bonchev–Trinajstić information content (AvgIpc) is 3.28. The lowest BCUT2D eigenvalue weighted by Gasteiger charge is -2.36. The van der Waals surface area contributed by atoms with Gasteiger partial charge in [0.05, 0.1) is 12.2 Å². The Morgan fingerprint density at radius 3 is 2.86 bits per heavy atom. The van der Waals surface area contributed by atoms with Gasteiger partial charge in [0.2, 0.25) is 0 Å². The van der Waals surface area contributed by atoms with Gasteiger partial charge in [-0.05, 0) is 55.7 Å². The smallest absolute Gasteiger partial charge is 0.319 e. The van der Waals surface area contributed by atoms with Crippen molar-refractivity contribution in [1.82, 2.24) is 5.32 Å². The topological polar surface area (TPSA) is 70.6 Å². The normalized spacial score (nSPS) is 19.3. The fraction of sp³-hybridized carbons (Fsp3) is 0.588. The molecule has 2 amide bonds. The molecule has 1 aromatic carbocycles. The molecular formula is C17H24N2O3. The third kappa shape index (κ3) is 4.45. The van der Waals surface area contributed by atoms with E-state index in [1.54, 1.807) is 0 Å². The number of carbonyl (C=O) groups excluding carboxylic acids is 1. The molecule has 3 N–H and O–H groups in total. The zero-order valence-electron chi connectivity index (χ0n) is 12.8. The molecular weight excluding hydrogens is 280 g/mol. The van der Waals surface area contributed by atoms with Crippen molar-refractivity contribution in [1.29, 1.82) is 0 Å². The van der Waals surface area contributed by atoms with E-state index in [9.17, 15) is 9.90 Å². The summed E-state index contributed by atoms with van der Waals surface area (Å²) in [6, 6.07) is 7.39. The van der Waals surface area contributed by atoms with E-state index in [0.29, 0.717) is 13.2 Å². The zero-order valence-corrected chi connectivity index (χ0v) is 12.8. The average molecular weight is 304 g/mol. The van der Waals surface area contributed by atoms with Crippen molar-refractivity contribution >= 4 is 11.7 Å². The summed E-state index contributed by atoms with van der Waals surface area (Å²) in [5.74, 6) is 0.754. The molecule has 0 radical (unpaired) electrons. The van der Waals surface area contributed by atoms with Gasteiger partial charge in [-0.25, -0.2) is 4.79 Å². The van der Waals surface area contributed by atoms with Crippen LogP contribution in [0.15, 0.2) is 24.3 Å². The second kappa shape index (κ2) is 6.67. The van der Waals surface area contributed by atoms with Gasteiger partial charge < -0.3 is 20.5 Å². The van der Waals surface area contributed by atoms with E-state index in [1.807, 2.05) is 24.3 Å². The van der Waals surface area contributed by atoms with Crippen LogP contribution in [0.1, 0.15) is 37.7 Å². The minimum absolute atomic E-state index is 0.281. The van der Waals surface area contributed by atoms with E-state index in [0.717, 1.165) is 43.0 Å². The van der Waals surface area contributed by atoms with Crippen LogP contribution in [-0.4, -0.2) is 29.9 Å². The summed E-state index contributed by atoms with van der Waals surface area (Å²) in [4.78, 5) is 11.9. The lowest BCUT2D eigenvalue weighted by Crippen LogP contribution is -2.48. The van der Waals surface area contributed by atoms with Crippen LogP contribution in [0.3, 0.4) is 0 Å². The van der Waals surface area contributed by atoms with Crippen molar-refractivity contribution in [2.24, 2.45) is 5.92 Å². The number of ether oxygens (including phenoxy) is 1. The molecule has 3 rings (SSSR count). The molecule has 1 aromatic rings. The van der Waals surface area contributed by atoms with Crippen LogP contribution in [0, 0.1) is 5.92 Å². The third-order valence-electron chi connectivity index (χ3n) is 4.37. The van der Waals surface area contributed by atoms with Crippen molar-refractivity contribution in [3.63, 3.8) is 0 Å². The molecule has 5 heteroatoms. The van der Waals surface area contributed by atoms with E-state index < -0.39 is 5.60 Å². The van der Waals surface area contributed by atoms with Gasteiger partial charge in [-0.3, -0.25) is 0 Å². The highest BCUT2D eigenvalue weighted by Crippen LogP contribution is 2.30. The summed E-state index contributed by atoms with van der Waals surface area (Å²) in [6.07, 6.45) is 5.13. The maximum Gasteiger partial charge on any atom is 0.319 e. The first kappa shape index (κ1) is 15.3. The fourth-order valence-electron chi connectivity index (χ4n) is 2.55. The van der Waals surface area contributed by atoms with Crippen molar-refractivity contribution < 1.29 is 14.6 Å². The van der Waals surface area contributed by atoms with Gasteiger partial charge in [-0.2, -0.15) is 0 Å². The molecule has 0 atom stereocenters. The molecule has 2 saturated carbocycles. The first-order chi connectivity index (χ1) is 10.6. The zero-order chi connectivity index (χ0) is 15.4. The first-order valence-corrected chi connectivity index (χ1v) is 8.07. The number of urea groups is 1. The molecule has 0 bridgehead atoms. The summed E-state index contributed by atoms with van der Waals surface area (Å²) in [5, 5.41) is 15.5. The molecule has 2 aliphatic carbocycles. The maximum atomic E-state index is 11.9. The van der Waals surface area contributed by atoms with Crippen LogP contribution in [0.2, 0.25) is 0 Å². The van der Waals surface area contributed by atoms with Gasteiger partial charge in [-0.15, -0.1) is 0 Å². The molecule has 0 unspecified atom stereocenters. The van der Waals surface area contributed by atoms with Gasteiger partial charge in [-0.1, -0.05) is 12.1 Å². The molecule has 0 saturated heterocycles. The molecule has 0 aromatic heterocycles. The largest absolute Gasteiger partial charge is 0.388 e.